The molecule has 1 heterocycles. The van der Waals surface area contributed by atoms with Gasteiger partial charge in [-0.2, -0.15) is 0 Å². The third-order valence-corrected chi connectivity index (χ3v) is 5.33. The molecule has 22 heavy (non-hydrogen) atoms. The molecule has 4 nitrogen and oxygen atoms in total. The van der Waals surface area contributed by atoms with Crippen molar-refractivity contribution in [1.29, 1.82) is 0 Å². The number of phenols is 2. The first-order chi connectivity index (χ1) is 10.6. The Morgan fingerprint density at radius 1 is 1.23 bits per heavy atom. The Bertz CT molecular complexity index is 713. The fourth-order valence-corrected chi connectivity index (χ4v) is 4.11. The van der Waals surface area contributed by atoms with Crippen LogP contribution < -0.4 is 10.6 Å². The molecule has 0 aromatic heterocycles. The monoisotopic (exact) mass is 408 g/mol. The topological polar surface area (TPSA) is 64.5 Å². The Morgan fingerprint density at radius 2 is 2.09 bits per heavy atom. The van der Waals surface area contributed by atoms with Crippen LogP contribution in [-0.4, -0.2) is 16.3 Å². The van der Waals surface area contributed by atoms with Crippen LogP contribution in [0.3, 0.4) is 0 Å². The molecule has 1 fully saturated rings. The summed E-state index contributed by atoms with van der Waals surface area (Å²) in [6.45, 7) is 0. The van der Waals surface area contributed by atoms with E-state index in [1.165, 1.54) is 16.8 Å². The highest BCUT2D eigenvalue weighted by Gasteiger charge is 2.33. The summed E-state index contributed by atoms with van der Waals surface area (Å²) in [5, 5.41) is 26.8. The molecule has 0 saturated carbocycles. The molecule has 0 bridgehead atoms. The molecule has 0 radical (unpaired) electrons. The van der Waals surface area contributed by atoms with Crippen LogP contribution in [0.4, 0.5) is 0 Å². The first kappa shape index (κ1) is 14.1. The van der Waals surface area contributed by atoms with Gasteiger partial charge < -0.3 is 15.5 Å². The van der Waals surface area contributed by atoms with E-state index in [2.05, 4.69) is 28.9 Å². The van der Waals surface area contributed by atoms with E-state index >= 15 is 0 Å². The maximum atomic E-state index is 9.87. The number of hydrogen-bond acceptors (Lipinski definition) is 4. The minimum atomic E-state index is -0.0753. The molecule has 0 spiro atoms. The predicted octanol–water partition coefficient (Wildman–Crippen LogP) is 3.20. The Labute approximate surface area is 142 Å². The molecular formula is C17H17IN2O2. The van der Waals surface area contributed by atoms with Crippen LogP contribution in [0.1, 0.15) is 31.0 Å². The SMILES string of the molecule is Oc1cc(C2NC3=CCCC4=C3C(CC=C4)N2)cc(I)c1O. The number of allylic oxidation sites excluding steroid dienone is 3. The fourth-order valence-electron chi connectivity index (χ4n) is 3.48. The van der Waals surface area contributed by atoms with E-state index in [0.717, 1.165) is 24.8 Å². The third-order valence-electron chi connectivity index (χ3n) is 4.50. The number of aromatic hydroxyl groups is 2. The molecule has 4 N–H and O–H groups in total. The van der Waals surface area contributed by atoms with E-state index in [9.17, 15) is 10.2 Å². The fraction of sp³-hybridized carbons (Fsp3) is 0.294. The Hall–Kier alpha value is -1.47. The van der Waals surface area contributed by atoms with Crippen molar-refractivity contribution in [2.24, 2.45) is 0 Å². The molecular weight excluding hydrogens is 391 g/mol. The van der Waals surface area contributed by atoms with Gasteiger partial charge >= 0.3 is 0 Å². The van der Waals surface area contributed by atoms with Gasteiger partial charge in [0.2, 0.25) is 0 Å². The molecule has 1 saturated heterocycles. The molecule has 2 aliphatic carbocycles. The molecule has 3 aliphatic rings. The highest BCUT2D eigenvalue weighted by atomic mass is 127. The van der Waals surface area contributed by atoms with Crippen molar-refractivity contribution in [3.8, 4) is 11.5 Å². The van der Waals surface area contributed by atoms with Gasteiger partial charge in [-0.05, 0) is 70.7 Å². The normalized spacial score (nSPS) is 26.3. The molecule has 1 aliphatic heterocycles. The average Bonchev–Trinajstić information content (AvgIpc) is 2.52. The molecule has 0 amide bonds. The Kier molecular flexibility index (Phi) is 3.41. The van der Waals surface area contributed by atoms with Crippen molar-refractivity contribution in [2.45, 2.75) is 31.5 Å². The van der Waals surface area contributed by atoms with E-state index in [4.69, 9.17) is 0 Å². The van der Waals surface area contributed by atoms with Crippen LogP contribution in [0.2, 0.25) is 0 Å². The van der Waals surface area contributed by atoms with E-state index in [-0.39, 0.29) is 17.7 Å². The standard InChI is InChI=1S/C17H17IN2O2/c18-11-7-10(8-14(21)16(11)22)17-19-12-5-1-3-9-4-2-6-13(20-17)15(9)12/h1,3,6-8,12,17,19-22H,2,4-5H2. The maximum Gasteiger partial charge on any atom is 0.171 e. The second kappa shape index (κ2) is 5.31. The van der Waals surface area contributed by atoms with Crippen molar-refractivity contribution in [3.05, 3.63) is 56.3 Å². The molecule has 5 heteroatoms. The zero-order chi connectivity index (χ0) is 15.3. The summed E-state index contributed by atoms with van der Waals surface area (Å²) >= 11 is 2.04. The van der Waals surface area contributed by atoms with Crippen molar-refractivity contribution in [1.82, 2.24) is 10.6 Å². The predicted molar refractivity (Wildman–Crippen MR) is 93.4 cm³/mol. The summed E-state index contributed by atoms with van der Waals surface area (Å²) in [6.07, 6.45) is 9.84. The smallest absolute Gasteiger partial charge is 0.171 e. The molecule has 1 aromatic rings. The van der Waals surface area contributed by atoms with Crippen molar-refractivity contribution >= 4 is 22.6 Å². The summed E-state index contributed by atoms with van der Waals surface area (Å²) in [5.41, 5.74) is 4.96. The zero-order valence-electron chi connectivity index (χ0n) is 11.9. The van der Waals surface area contributed by atoms with Gasteiger partial charge in [-0.25, -0.2) is 0 Å². The van der Waals surface area contributed by atoms with E-state index in [0.29, 0.717) is 9.61 Å². The number of hydrogen-bond donors (Lipinski definition) is 4. The number of rotatable bonds is 1. The van der Waals surface area contributed by atoms with Gasteiger partial charge in [0.25, 0.3) is 0 Å². The highest BCUT2D eigenvalue weighted by molar-refractivity contribution is 14.1. The van der Waals surface area contributed by atoms with Gasteiger partial charge in [0.15, 0.2) is 11.5 Å². The minimum absolute atomic E-state index is 0.0551. The first-order valence-corrected chi connectivity index (χ1v) is 8.55. The van der Waals surface area contributed by atoms with Crippen molar-refractivity contribution < 1.29 is 10.2 Å². The van der Waals surface area contributed by atoms with Crippen LogP contribution in [0.5, 0.6) is 11.5 Å². The number of phenolic OH excluding ortho intramolecular Hbond substituents is 2. The second-order valence-electron chi connectivity index (χ2n) is 5.90. The van der Waals surface area contributed by atoms with Crippen LogP contribution in [0.25, 0.3) is 0 Å². The molecule has 1 aromatic carbocycles. The number of halogens is 1. The molecule has 114 valence electrons. The Balaban J connectivity index is 1.71. The van der Waals surface area contributed by atoms with Gasteiger partial charge in [0, 0.05) is 11.7 Å². The number of benzene rings is 1. The van der Waals surface area contributed by atoms with Crippen LogP contribution in [0.15, 0.2) is 47.2 Å². The van der Waals surface area contributed by atoms with E-state index in [1.807, 2.05) is 28.7 Å². The maximum absolute atomic E-state index is 9.87. The van der Waals surface area contributed by atoms with E-state index in [1.54, 1.807) is 6.07 Å². The third kappa shape index (κ3) is 2.23. The lowest BCUT2D eigenvalue weighted by Gasteiger charge is -2.40. The highest BCUT2D eigenvalue weighted by Crippen LogP contribution is 2.38. The first-order valence-electron chi connectivity index (χ1n) is 7.47. The summed E-state index contributed by atoms with van der Waals surface area (Å²) in [7, 11) is 0. The second-order valence-corrected chi connectivity index (χ2v) is 7.06. The summed E-state index contributed by atoms with van der Waals surface area (Å²) in [6, 6.07) is 3.84. The minimum Gasteiger partial charge on any atom is -0.504 e. The van der Waals surface area contributed by atoms with Crippen LogP contribution in [-0.2, 0) is 0 Å². The van der Waals surface area contributed by atoms with Crippen LogP contribution >= 0.6 is 22.6 Å². The van der Waals surface area contributed by atoms with Crippen molar-refractivity contribution in [2.75, 3.05) is 0 Å². The molecule has 2 atom stereocenters. The van der Waals surface area contributed by atoms with Gasteiger partial charge in [0.05, 0.1) is 3.57 Å². The van der Waals surface area contributed by atoms with Crippen LogP contribution in [0, 0.1) is 3.57 Å². The zero-order valence-corrected chi connectivity index (χ0v) is 14.1. The lowest BCUT2D eigenvalue weighted by molar-refractivity contribution is 0.377. The van der Waals surface area contributed by atoms with Crippen molar-refractivity contribution in [3.63, 3.8) is 0 Å². The molecule has 4 rings (SSSR count). The summed E-state index contributed by atoms with van der Waals surface area (Å²) < 4.78 is 0.652. The van der Waals surface area contributed by atoms with E-state index < -0.39 is 0 Å². The summed E-state index contributed by atoms with van der Waals surface area (Å²) in [4.78, 5) is 0. The average molecular weight is 408 g/mol. The van der Waals surface area contributed by atoms with Gasteiger partial charge in [-0.15, -0.1) is 0 Å². The largest absolute Gasteiger partial charge is 0.504 e. The van der Waals surface area contributed by atoms with Gasteiger partial charge in [-0.3, -0.25) is 5.32 Å². The Morgan fingerprint density at radius 3 is 2.91 bits per heavy atom. The summed E-state index contributed by atoms with van der Waals surface area (Å²) in [5.74, 6) is -0.130. The quantitative estimate of drug-likeness (QED) is 0.426. The number of nitrogens with one attached hydrogen (secondary N) is 2. The lowest BCUT2D eigenvalue weighted by Crippen LogP contribution is -2.49. The molecule has 2 unspecified atom stereocenters. The van der Waals surface area contributed by atoms with Gasteiger partial charge in [-0.1, -0.05) is 18.2 Å². The lowest BCUT2D eigenvalue weighted by atomic mass is 9.82. The van der Waals surface area contributed by atoms with Gasteiger partial charge in [0.1, 0.15) is 6.17 Å².